The molecule has 0 aromatic rings. The van der Waals surface area contributed by atoms with Crippen LogP contribution in [0.15, 0.2) is 0 Å². The monoisotopic (exact) mass is 184 g/mol. The second-order valence-electron chi connectivity index (χ2n) is 3.26. The Labute approximate surface area is 76.1 Å². The van der Waals surface area contributed by atoms with Crippen LogP contribution in [0.4, 0.5) is 0 Å². The third kappa shape index (κ3) is 2.27. The van der Waals surface area contributed by atoms with E-state index in [1.807, 2.05) is 0 Å². The lowest BCUT2D eigenvalue weighted by molar-refractivity contribution is -0.150. The summed E-state index contributed by atoms with van der Waals surface area (Å²) in [5.41, 5.74) is 0. The highest BCUT2D eigenvalue weighted by atomic mass is 16.2. The lowest BCUT2D eigenvalue weighted by atomic mass is 10.2. The van der Waals surface area contributed by atoms with Gasteiger partial charge in [0.05, 0.1) is 6.54 Å². The molecule has 1 heterocycles. The standard InChI is InChI=1S/C8H12N2O3/c1-5-3-10(4-6(2)11)8(13)7(12)9-5/h5H,3-4H2,1-2H3,(H,9,12). The Bertz CT molecular complexity index is 262. The summed E-state index contributed by atoms with van der Waals surface area (Å²) >= 11 is 0. The predicted molar refractivity (Wildman–Crippen MR) is 44.9 cm³/mol. The van der Waals surface area contributed by atoms with Crippen molar-refractivity contribution < 1.29 is 14.4 Å². The van der Waals surface area contributed by atoms with Gasteiger partial charge in [-0.25, -0.2) is 0 Å². The first-order valence-corrected chi connectivity index (χ1v) is 4.10. The van der Waals surface area contributed by atoms with E-state index in [1.54, 1.807) is 6.92 Å². The summed E-state index contributed by atoms with van der Waals surface area (Å²) in [6.07, 6.45) is 0. The first-order valence-electron chi connectivity index (χ1n) is 4.10. The molecule has 2 amide bonds. The van der Waals surface area contributed by atoms with Gasteiger partial charge in [-0.05, 0) is 13.8 Å². The maximum absolute atomic E-state index is 11.2. The van der Waals surface area contributed by atoms with Crippen LogP contribution in [-0.2, 0) is 14.4 Å². The van der Waals surface area contributed by atoms with Gasteiger partial charge in [0.25, 0.3) is 0 Å². The molecule has 1 unspecified atom stereocenters. The van der Waals surface area contributed by atoms with Gasteiger partial charge in [-0.15, -0.1) is 0 Å². The van der Waals surface area contributed by atoms with Crippen LogP contribution in [0.5, 0.6) is 0 Å². The van der Waals surface area contributed by atoms with Gasteiger partial charge in [0.15, 0.2) is 0 Å². The summed E-state index contributed by atoms with van der Waals surface area (Å²) < 4.78 is 0. The third-order valence-electron chi connectivity index (χ3n) is 1.77. The Morgan fingerprint density at radius 3 is 2.77 bits per heavy atom. The van der Waals surface area contributed by atoms with Crippen molar-refractivity contribution >= 4 is 17.6 Å². The number of rotatable bonds is 2. The largest absolute Gasteiger partial charge is 0.344 e. The summed E-state index contributed by atoms with van der Waals surface area (Å²) in [6, 6.07) is -0.0791. The number of carbonyl (C=O) groups excluding carboxylic acids is 3. The molecule has 0 saturated carbocycles. The number of hydrogen-bond donors (Lipinski definition) is 1. The second kappa shape index (κ2) is 3.55. The smallest absolute Gasteiger partial charge is 0.312 e. The van der Waals surface area contributed by atoms with E-state index in [-0.39, 0.29) is 18.4 Å². The highest BCUT2D eigenvalue weighted by Crippen LogP contribution is 2.00. The molecule has 0 spiro atoms. The van der Waals surface area contributed by atoms with E-state index in [0.717, 1.165) is 0 Å². The number of carbonyl (C=O) groups is 3. The van der Waals surface area contributed by atoms with E-state index in [1.165, 1.54) is 11.8 Å². The molecule has 1 atom stereocenters. The molecular formula is C8H12N2O3. The highest BCUT2D eigenvalue weighted by Gasteiger charge is 2.30. The van der Waals surface area contributed by atoms with E-state index >= 15 is 0 Å². The Morgan fingerprint density at radius 2 is 2.23 bits per heavy atom. The van der Waals surface area contributed by atoms with Crippen LogP contribution < -0.4 is 5.32 Å². The van der Waals surface area contributed by atoms with Crippen molar-refractivity contribution in [3.05, 3.63) is 0 Å². The summed E-state index contributed by atoms with van der Waals surface area (Å²) in [6.45, 7) is 3.61. The fraction of sp³-hybridized carbons (Fsp3) is 0.625. The van der Waals surface area contributed by atoms with Crippen molar-refractivity contribution in [3.63, 3.8) is 0 Å². The molecule has 0 aromatic carbocycles. The first-order chi connectivity index (χ1) is 6.00. The molecule has 5 heteroatoms. The van der Waals surface area contributed by atoms with Crippen molar-refractivity contribution in [3.8, 4) is 0 Å². The SMILES string of the molecule is CC(=O)CN1CC(C)NC(=O)C1=O. The fourth-order valence-corrected chi connectivity index (χ4v) is 1.29. The zero-order valence-corrected chi connectivity index (χ0v) is 7.66. The van der Waals surface area contributed by atoms with Gasteiger partial charge in [-0.3, -0.25) is 14.4 Å². The van der Waals surface area contributed by atoms with E-state index in [2.05, 4.69) is 5.32 Å². The average molecular weight is 184 g/mol. The molecule has 13 heavy (non-hydrogen) atoms. The highest BCUT2D eigenvalue weighted by molar-refractivity contribution is 6.35. The lowest BCUT2D eigenvalue weighted by Gasteiger charge is -2.29. The second-order valence-corrected chi connectivity index (χ2v) is 3.26. The van der Waals surface area contributed by atoms with Crippen molar-refractivity contribution in [1.29, 1.82) is 0 Å². The van der Waals surface area contributed by atoms with Gasteiger partial charge < -0.3 is 10.2 Å². The molecule has 0 aromatic heterocycles. The first kappa shape index (κ1) is 9.70. The molecule has 1 N–H and O–H groups in total. The van der Waals surface area contributed by atoms with Gasteiger partial charge in [-0.2, -0.15) is 0 Å². The summed E-state index contributed by atoms with van der Waals surface area (Å²) in [4.78, 5) is 34.2. The van der Waals surface area contributed by atoms with Gasteiger partial charge in [0.2, 0.25) is 0 Å². The minimum Gasteiger partial charge on any atom is -0.344 e. The molecule has 1 rings (SSSR count). The van der Waals surface area contributed by atoms with Gasteiger partial charge >= 0.3 is 11.8 Å². The molecule has 0 radical (unpaired) electrons. The lowest BCUT2D eigenvalue weighted by Crippen LogP contribution is -2.57. The average Bonchev–Trinajstić information content (AvgIpc) is 1.98. The Balaban J connectivity index is 2.66. The number of amides is 2. The fourth-order valence-electron chi connectivity index (χ4n) is 1.29. The molecule has 72 valence electrons. The minimum atomic E-state index is -0.625. The van der Waals surface area contributed by atoms with E-state index in [4.69, 9.17) is 0 Å². The van der Waals surface area contributed by atoms with Crippen LogP contribution in [-0.4, -0.2) is 41.6 Å². The molecular weight excluding hydrogens is 172 g/mol. The van der Waals surface area contributed by atoms with Gasteiger partial charge in [0, 0.05) is 12.6 Å². The van der Waals surface area contributed by atoms with Crippen molar-refractivity contribution in [2.24, 2.45) is 0 Å². The number of ketones is 1. The van der Waals surface area contributed by atoms with Gasteiger partial charge in [-0.1, -0.05) is 0 Å². The quantitative estimate of drug-likeness (QED) is 0.555. The van der Waals surface area contributed by atoms with E-state index < -0.39 is 11.8 Å². The molecule has 0 bridgehead atoms. The Kier molecular flexibility index (Phi) is 2.65. The normalized spacial score (nSPS) is 22.9. The van der Waals surface area contributed by atoms with Crippen LogP contribution in [0.25, 0.3) is 0 Å². The summed E-state index contributed by atoms with van der Waals surface area (Å²) in [7, 11) is 0. The molecule has 0 aliphatic carbocycles. The minimum absolute atomic E-state index is 0.0244. The van der Waals surface area contributed by atoms with Crippen LogP contribution in [0.1, 0.15) is 13.8 Å². The number of hydrogen-bond acceptors (Lipinski definition) is 3. The maximum Gasteiger partial charge on any atom is 0.312 e. The number of nitrogens with one attached hydrogen (secondary N) is 1. The summed E-state index contributed by atoms with van der Waals surface area (Å²) in [5, 5.41) is 2.49. The number of Topliss-reactive ketones (excluding diaryl/α,β-unsaturated/α-hetero) is 1. The van der Waals surface area contributed by atoms with Gasteiger partial charge in [0.1, 0.15) is 5.78 Å². The molecule has 1 aliphatic heterocycles. The topological polar surface area (TPSA) is 66.5 Å². The van der Waals surface area contributed by atoms with E-state index in [0.29, 0.717) is 6.54 Å². The number of piperazine rings is 1. The molecule has 1 saturated heterocycles. The Hall–Kier alpha value is -1.39. The Morgan fingerprint density at radius 1 is 1.62 bits per heavy atom. The zero-order chi connectivity index (χ0) is 10.0. The van der Waals surface area contributed by atoms with Crippen molar-refractivity contribution in [2.45, 2.75) is 19.9 Å². The van der Waals surface area contributed by atoms with Crippen LogP contribution >= 0.6 is 0 Å². The summed E-state index contributed by atoms with van der Waals surface area (Å²) in [5.74, 6) is -1.36. The predicted octanol–water partition coefficient (Wildman–Crippen LogP) is -1.08. The molecule has 1 fully saturated rings. The maximum atomic E-state index is 11.2. The third-order valence-corrected chi connectivity index (χ3v) is 1.77. The van der Waals surface area contributed by atoms with Crippen LogP contribution in [0.2, 0.25) is 0 Å². The molecule has 1 aliphatic rings. The zero-order valence-electron chi connectivity index (χ0n) is 7.66. The van der Waals surface area contributed by atoms with Crippen LogP contribution in [0.3, 0.4) is 0 Å². The van der Waals surface area contributed by atoms with Crippen molar-refractivity contribution in [1.82, 2.24) is 10.2 Å². The number of nitrogens with zero attached hydrogens (tertiary/aromatic N) is 1. The molecule has 5 nitrogen and oxygen atoms in total. The van der Waals surface area contributed by atoms with Crippen molar-refractivity contribution in [2.75, 3.05) is 13.1 Å². The van der Waals surface area contributed by atoms with E-state index in [9.17, 15) is 14.4 Å². The van der Waals surface area contributed by atoms with Crippen LogP contribution in [0, 0.1) is 0 Å².